The first-order chi connectivity index (χ1) is 7.58. The molecule has 2 aromatic heterocycles. The number of aryl methyl sites for hydroxylation is 1. The van der Waals surface area contributed by atoms with Crippen molar-refractivity contribution in [3.63, 3.8) is 0 Å². The van der Waals surface area contributed by atoms with Crippen molar-refractivity contribution in [1.82, 2.24) is 10.2 Å². The van der Waals surface area contributed by atoms with Crippen molar-refractivity contribution in [3.8, 4) is 10.4 Å². The molecule has 16 heavy (non-hydrogen) atoms. The molecule has 0 spiro atoms. The van der Waals surface area contributed by atoms with E-state index >= 15 is 0 Å². The van der Waals surface area contributed by atoms with Crippen LogP contribution in [0.5, 0.6) is 0 Å². The number of hydrogen-bond donors (Lipinski definition) is 2. The molecule has 2 aromatic rings. The third-order valence-electron chi connectivity index (χ3n) is 2.16. The van der Waals surface area contributed by atoms with E-state index in [0.717, 1.165) is 19.9 Å². The van der Waals surface area contributed by atoms with E-state index in [-0.39, 0.29) is 6.42 Å². The van der Waals surface area contributed by atoms with Crippen LogP contribution in [-0.2, 0) is 11.2 Å². The molecule has 4 nitrogen and oxygen atoms in total. The first kappa shape index (κ1) is 11.3. The molecular weight excluding hydrogens is 292 g/mol. The Balaban J connectivity index is 2.46. The summed E-state index contributed by atoms with van der Waals surface area (Å²) in [7, 11) is 0. The lowest BCUT2D eigenvalue weighted by Gasteiger charge is -1.98. The Hall–Kier alpha value is -1.14. The van der Waals surface area contributed by atoms with Crippen LogP contribution in [0.1, 0.15) is 11.4 Å². The predicted octanol–water partition coefficient (Wildman–Crippen LogP) is 2.84. The molecule has 0 unspecified atom stereocenters. The van der Waals surface area contributed by atoms with Gasteiger partial charge in [-0.25, -0.2) is 0 Å². The molecule has 0 aliphatic carbocycles. The first-order valence-corrected chi connectivity index (χ1v) is 6.20. The molecule has 0 bridgehead atoms. The normalized spacial score (nSPS) is 10.6. The quantitative estimate of drug-likeness (QED) is 0.916. The topological polar surface area (TPSA) is 66.0 Å². The predicted molar refractivity (Wildman–Crippen MR) is 65.7 cm³/mol. The van der Waals surface area contributed by atoms with Gasteiger partial charge in [-0.05, 0) is 35.0 Å². The highest BCUT2D eigenvalue weighted by molar-refractivity contribution is 9.11. The number of aliphatic carboxylic acids is 1. The Morgan fingerprint density at radius 1 is 1.62 bits per heavy atom. The standard InChI is InChI=1S/C10H9BrN2O2S/c1-5-10(7-2-3-8(11)16-7)6(13-12-5)4-9(14)15/h2-3H,4H2,1H3,(H,12,13)(H,14,15). The van der Waals surface area contributed by atoms with Crippen molar-refractivity contribution >= 4 is 33.2 Å². The van der Waals surface area contributed by atoms with E-state index in [1.807, 2.05) is 19.1 Å². The number of rotatable bonds is 3. The van der Waals surface area contributed by atoms with Crippen LogP contribution >= 0.6 is 27.3 Å². The number of aromatic amines is 1. The zero-order valence-corrected chi connectivity index (χ0v) is 10.9. The molecule has 2 rings (SSSR count). The second-order valence-corrected chi connectivity index (χ2v) is 5.81. The molecular formula is C10H9BrN2O2S. The van der Waals surface area contributed by atoms with Gasteiger partial charge in [0.05, 0.1) is 15.9 Å². The minimum Gasteiger partial charge on any atom is -0.481 e. The van der Waals surface area contributed by atoms with Crippen LogP contribution in [-0.4, -0.2) is 21.3 Å². The number of aromatic nitrogens is 2. The van der Waals surface area contributed by atoms with Gasteiger partial charge in [0, 0.05) is 16.1 Å². The second kappa shape index (κ2) is 4.39. The number of hydrogen-bond acceptors (Lipinski definition) is 3. The molecule has 0 amide bonds. The highest BCUT2D eigenvalue weighted by Gasteiger charge is 2.16. The summed E-state index contributed by atoms with van der Waals surface area (Å²) < 4.78 is 1.02. The molecule has 0 saturated heterocycles. The summed E-state index contributed by atoms with van der Waals surface area (Å²) in [5.74, 6) is -0.872. The largest absolute Gasteiger partial charge is 0.481 e. The van der Waals surface area contributed by atoms with Gasteiger partial charge in [0.25, 0.3) is 0 Å². The van der Waals surface area contributed by atoms with Crippen molar-refractivity contribution in [2.24, 2.45) is 0 Å². The third-order valence-corrected chi connectivity index (χ3v) is 3.80. The Kier molecular flexibility index (Phi) is 3.11. The van der Waals surface area contributed by atoms with Gasteiger partial charge in [-0.1, -0.05) is 0 Å². The van der Waals surface area contributed by atoms with E-state index in [4.69, 9.17) is 5.11 Å². The van der Waals surface area contributed by atoms with Crippen molar-refractivity contribution in [1.29, 1.82) is 0 Å². The zero-order valence-electron chi connectivity index (χ0n) is 8.45. The van der Waals surface area contributed by atoms with Gasteiger partial charge in [-0.2, -0.15) is 5.10 Å². The maximum atomic E-state index is 10.7. The summed E-state index contributed by atoms with van der Waals surface area (Å²) in [5, 5.41) is 15.6. The van der Waals surface area contributed by atoms with E-state index in [2.05, 4.69) is 26.1 Å². The molecule has 84 valence electrons. The number of carboxylic acid groups (broad SMARTS) is 1. The summed E-state index contributed by atoms with van der Waals surface area (Å²) in [6.07, 6.45) is -0.0603. The smallest absolute Gasteiger partial charge is 0.309 e. The Morgan fingerprint density at radius 2 is 2.38 bits per heavy atom. The Morgan fingerprint density at radius 3 is 2.94 bits per heavy atom. The number of thiophene rings is 1. The number of carbonyl (C=O) groups is 1. The minimum atomic E-state index is -0.872. The van der Waals surface area contributed by atoms with Crippen LogP contribution in [0.2, 0.25) is 0 Å². The number of H-pyrrole nitrogens is 1. The summed E-state index contributed by atoms with van der Waals surface area (Å²) in [5.41, 5.74) is 2.38. The van der Waals surface area contributed by atoms with Crippen LogP contribution in [0.25, 0.3) is 10.4 Å². The van der Waals surface area contributed by atoms with Gasteiger partial charge in [-0.3, -0.25) is 9.89 Å². The summed E-state index contributed by atoms with van der Waals surface area (Å²) in [6.45, 7) is 1.89. The molecule has 0 saturated carbocycles. The van der Waals surface area contributed by atoms with Crippen molar-refractivity contribution in [3.05, 3.63) is 27.3 Å². The van der Waals surface area contributed by atoms with Gasteiger partial charge in [-0.15, -0.1) is 11.3 Å². The van der Waals surface area contributed by atoms with E-state index in [1.54, 1.807) is 11.3 Å². The summed E-state index contributed by atoms with van der Waals surface area (Å²) in [6, 6.07) is 3.90. The molecule has 0 aliphatic rings. The van der Waals surface area contributed by atoms with E-state index in [1.165, 1.54) is 0 Å². The molecule has 0 aliphatic heterocycles. The Labute approximate surface area is 104 Å². The maximum absolute atomic E-state index is 10.7. The highest BCUT2D eigenvalue weighted by Crippen LogP contribution is 2.34. The molecule has 0 fully saturated rings. The molecule has 6 heteroatoms. The van der Waals surface area contributed by atoms with Crippen LogP contribution in [0.15, 0.2) is 15.9 Å². The average molecular weight is 301 g/mol. The zero-order chi connectivity index (χ0) is 11.7. The second-order valence-electron chi connectivity index (χ2n) is 3.34. The lowest BCUT2D eigenvalue weighted by molar-refractivity contribution is -0.136. The number of carboxylic acids is 1. The lowest BCUT2D eigenvalue weighted by Crippen LogP contribution is -2.01. The lowest BCUT2D eigenvalue weighted by atomic mass is 10.1. The van der Waals surface area contributed by atoms with Crippen LogP contribution in [0, 0.1) is 6.92 Å². The van der Waals surface area contributed by atoms with Crippen LogP contribution < -0.4 is 0 Å². The first-order valence-electron chi connectivity index (χ1n) is 4.59. The maximum Gasteiger partial charge on any atom is 0.309 e. The van der Waals surface area contributed by atoms with E-state index in [9.17, 15) is 4.79 Å². The van der Waals surface area contributed by atoms with Crippen LogP contribution in [0.3, 0.4) is 0 Å². The van der Waals surface area contributed by atoms with Crippen molar-refractivity contribution in [2.45, 2.75) is 13.3 Å². The number of halogens is 1. The molecule has 0 atom stereocenters. The molecule has 0 radical (unpaired) electrons. The molecule has 2 heterocycles. The van der Waals surface area contributed by atoms with Crippen LogP contribution in [0.4, 0.5) is 0 Å². The van der Waals surface area contributed by atoms with Gasteiger partial charge < -0.3 is 5.11 Å². The SMILES string of the molecule is Cc1[nH]nc(CC(=O)O)c1-c1ccc(Br)s1. The van der Waals surface area contributed by atoms with Crippen molar-refractivity contribution < 1.29 is 9.90 Å². The minimum absolute atomic E-state index is 0.0603. The van der Waals surface area contributed by atoms with Gasteiger partial charge >= 0.3 is 5.97 Å². The highest BCUT2D eigenvalue weighted by atomic mass is 79.9. The number of nitrogens with one attached hydrogen (secondary N) is 1. The summed E-state index contributed by atoms with van der Waals surface area (Å²) in [4.78, 5) is 11.7. The fraction of sp³-hybridized carbons (Fsp3) is 0.200. The van der Waals surface area contributed by atoms with E-state index < -0.39 is 5.97 Å². The Bertz CT molecular complexity index is 533. The fourth-order valence-electron chi connectivity index (χ4n) is 1.53. The van der Waals surface area contributed by atoms with Gasteiger partial charge in [0.2, 0.25) is 0 Å². The van der Waals surface area contributed by atoms with Gasteiger partial charge in [0.1, 0.15) is 0 Å². The van der Waals surface area contributed by atoms with E-state index in [0.29, 0.717) is 5.69 Å². The van der Waals surface area contributed by atoms with Gasteiger partial charge in [0.15, 0.2) is 0 Å². The van der Waals surface area contributed by atoms with Crippen molar-refractivity contribution in [2.75, 3.05) is 0 Å². The molecule has 2 N–H and O–H groups in total. The average Bonchev–Trinajstić information content (AvgIpc) is 2.73. The number of nitrogens with zero attached hydrogens (tertiary/aromatic N) is 1. The monoisotopic (exact) mass is 300 g/mol. The molecule has 0 aromatic carbocycles. The fourth-order valence-corrected chi connectivity index (χ4v) is 3.04. The summed E-state index contributed by atoms with van der Waals surface area (Å²) >= 11 is 4.95. The third kappa shape index (κ3) is 2.17.